The van der Waals surface area contributed by atoms with Crippen LogP contribution in [-0.4, -0.2) is 7.11 Å². The van der Waals surface area contributed by atoms with Crippen LogP contribution in [0.2, 0.25) is 0 Å². The highest BCUT2D eigenvalue weighted by Gasteiger charge is 2.05. The number of halogens is 2. The van der Waals surface area contributed by atoms with E-state index in [1.54, 1.807) is 7.11 Å². The summed E-state index contributed by atoms with van der Waals surface area (Å²) in [6.45, 7) is 3.01. The highest BCUT2D eigenvalue weighted by atomic mass is 79.9. The lowest BCUT2D eigenvalue weighted by molar-refractivity contribution is 0.412. The molecule has 2 rings (SSSR count). The molecule has 20 heavy (non-hydrogen) atoms. The van der Waals surface area contributed by atoms with Gasteiger partial charge in [0.1, 0.15) is 5.75 Å². The van der Waals surface area contributed by atoms with Crippen LogP contribution in [0.5, 0.6) is 5.75 Å². The Morgan fingerprint density at radius 1 is 1.15 bits per heavy atom. The first kappa shape index (κ1) is 17.0. The molecule has 0 heterocycles. The van der Waals surface area contributed by atoms with E-state index in [1.807, 2.05) is 12.1 Å². The van der Waals surface area contributed by atoms with Crippen molar-refractivity contribution in [2.75, 3.05) is 7.11 Å². The van der Waals surface area contributed by atoms with E-state index in [0.717, 1.165) is 16.8 Å². The summed E-state index contributed by atoms with van der Waals surface area (Å²) in [7, 11) is 1.68. The zero-order valence-electron chi connectivity index (χ0n) is 11.6. The highest BCUT2D eigenvalue weighted by molar-refractivity contribution is 9.10. The summed E-state index contributed by atoms with van der Waals surface area (Å²) < 4.78 is 6.22. The molecule has 2 nitrogen and oxygen atoms in total. The number of rotatable bonds is 5. The molecule has 0 aromatic heterocycles. The van der Waals surface area contributed by atoms with Crippen LogP contribution in [0.4, 0.5) is 0 Å². The summed E-state index contributed by atoms with van der Waals surface area (Å²) in [6, 6.07) is 16.9. The van der Waals surface area contributed by atoms with Crippen molar-refractivity contribution in [1.82, 2.24) is 5.32 Å². The minimum atomic E-state index is 0. The first-order chi connectivity index (χ1) is 9.20. The van der Waals surface area contributed by atoms with Gasteiger partial charge in [0.2, 0.25) is 0 Å². The SMILES string of the molecule is COc1ccc(CNC(C)c2ccccc2)cc1Br.Cl. The van der Waals surface area contributed by atoms with Crippen LogP contribution in [0, 0.1) is 0 Å². The van der Waals surface area contributed by atoms with Gasteiger partial charge in [0.05, 0.1) is 11.6 Å². The average Bonchev–Trinajstić information content (AvgIpc) is 2.46. The normalized spacial score (nSPS) is 11.6. The third kappa shape index (κ3) is 4.51. The maximum absolute atomic E-state index is 5.23. The monoisotopic (exact) mass is 355 g/mol. The predicted molar refractivity (Wildman–Crippen MR) is 89.6 cm³/mol. The highest BCUT2D eigenvalue weighted by Crippen LogP contribution is 2.25. The molecule has 0 radical (unpaired) electrons. The molecule has 0 amide bonds. The van der Waals surface area contributed by atoms with Crippen LogP contribution in [-0.2, 0) is 6.54 Å². The van der Waals surface area contributed by atoms with E-state index in [9.17, 15) is 0 Å². The molecule has 2 aromatic rings. The Morgan fingerprint density at radius 2 is 1.85 bits per heavy atom. The van der Waals surface area contributed by atoms with Gasteiger partial charge in [-0.1, -0.05) is 36.4 Å². The Bertz CT molecular complexity index is 533. The van der Waals surface area contributed by atoms with Gasteiger partial charge in [-0.05, 0) is 46.1 Å². The molecule has 0 bridgehead atoms. The van der Waals surface area contributed by atoms with Crippen LogP contribution < -0.4 is 10.1 Å². The number of benzene rings is 2. The van der Waals surface area contributed by atoms with Gasteiger partial charge in [-0.15, -0.1) is 12.4 Å². The lowest BCUT2D eigenvalue weighted by Gasteiger charge is -2.14. The third-order valence-corrected chi connectivity index (χ3v) is 3.75. The van der Waals surface area contributed by atoms with Crippen molar-refractivity contribution in [2.24, 2.45) is 0 Å². The van der Waals surface area contributed by atoms with Crippen LogP contribution in [0.1, 0.15) is 24.1 Å². The molecule has 0 aliphatic rings. The van der Waals surface area contributed by atoms with Crippen molar-refractivity contribution >= 4 is 28.3 Å². The number of methoxy groups -OCH3 is 1. The first-order valence-electron chi connectivity index (χ1n) is 6.31. The fraction of sp³-hybridized carbons (Fsp3) is 0.250. The van der Waals surface area contributed by atoms with E-state index in [-0.39, 0.29) is 12.4 Å². The Kier molecular flexibility index (Phi) is 7.06. The summed E-state index contributed by atoms with van der Waals surface area (Å²) in [5.74, 6) is 0.861. The molecule has 1 N–H and O–H groups in total. The minimum absolute atomic E-state index is 0. The van der Waals surface area contributed by atoms with E-state index in [1.165, 1.54) is 11.1 Å². The number of ether oxygens (including phenoxy) is 1. The van der Waals surface area contributed by atoms with Gasteiger partial charge in [-0.2, -0.15) is 0 Å². The van der Waals surface area contributed by atoms with Gasteiger partial charge in [0, 0.05) is 12.6 Å². The summed E-state index contributed by atoms with van der Waals surface area (Å²) in [4.78, 5) is 0. The summed E-state index contributed by atoms with van der Waals surface area (Å²) in [5, 5.41) is 3.52. The van der Waals surface area contributed by atoms with Crippen LogP contribution >= 0.6 is 28.3 Å². The molecule has 0 aliphatic carbocycles. The van der Waals surface area contributed by atoms with Crippen molar-refractivity contribution < 1.29 is 4.74 Å². The van der Waals surface area contributed by atoms with Crippen molar-refractivity contribution in [3.8, 4) is 5.75 Å². The standard InChI is InChI=1S/C16H18BrNO.ClH/c1-12(14-6-4-3-5-7-14)18-11-13-8-9-16(19-2)15(17)10-13;/h3-10,12,18H,11H2,1-2H3;1H. The van der Waals surface area contributed by atoms with Crippen LogP contribution in [0.3, 0.4) is 0 Å². The van der Waals surface area contributed by atoms with Gasteiger partial charge >= 0.3 is 0 Å². The largest absolute Gasteiger partial charge is 0.496 e. The molecular weight excluding hydrogens is 338 g/mol. The Hall–Kier alpha value is -1.03. The quantitative estimate of drug-likeness (QED) is 0.836. The van der Waals surface area contributed by atoms with Crippen molar-refractivity contribution in [3.63, 3.8) is 0 Å². The number of nitrogens with one attached hydrogen (secondary N) is 1. The smallest absolute Gasteiger partial charge is 0.133 e. The van der Waals surface area contributed by atoms with Gasteiger partial charge in [-0.25, -0.2) is 0 Å². The molecule has 2 aromatic carbocycles. The fourth-order valence-corrected chi connectivity index (χ4v) is 2.54. The molecular formula is C16H19BrClNO. The third-order valence-electron chi connectivity index (χ3n) is 3.13. The van der Waals surface area contributed by atoms with E-state index in [4.69, 9.17) is 4.74 Å². The minimum Gasteiger partial charge on any atom is -0.496 e. The summed E-state index contributed by atoms with van der Waals surface area (Å²) in [5.41, 5.74) is 2.53. The second kappa shape index (κ2) is 8.30. The van der Waals surface area contributed by atoms with Crippen LogP contribution in [0.25, 0.3) is 0 Å². The number of hydrogen-bond donors (Lipinski definition) is 1. The van der Waals surface area contributed by atoms with Crippen molar-refractivity contribution in [2.45, 2.75) is 19.5 Å². The number of hydrogen-bond acceptors (Lipinski definition) is 2. The van der Waals surface area contributed by atoms with E-state index in [0.29, 0.717) is 6.04 Å². The second-order valence-corrected chi connectivity index (χ2v) is 5.34. The maximum Gasteiger partial charge on any atom is 0.133 e. The second-order valence-electron chi connectivity index (χ2n) is 4.48. The molecule has 0 spiro atoms. The predicted octanol–water partition coefficient (Wildman–Crippen LogP) is 4.73. The first-order valence-corrected chi connectivity index (χ1v) is 7.10. The Labute approximate surface area is 135 Å². The Morgan fingerprint density at radius 3 is 2.45 bits per heavy atom. The molecule has 108 valence electrons. The maximum atomic E-state index is 5.23. The van der Waals surface area contributed by atoms with Gasteiger partial charge in [0.25, 0.3) is 0 Å². The fourth-order valence-electron chi connectivity index (χ4n) is 1.95. The Balaban J connectivity index is 0.00000200. The molecule has 0 fully saturated rings. The van der Waals surface area contributed by atoms with Gasteiger partial charge < -0.3 is 10.1 Å². The molecule has 0 saturated heterocycles. The molecule has 1 atom stereocenters. The summed E-state index contributed by atoms with van der Waals surface area (Å²) in [6.07, 6.45) is 0. The molecule has 1 unspecified atom stereocenters. The van der Waals surface area contributed by atoms with E-state index >= 15 is 0 Å². The lowest BCUT2D eigenvalue weighted by atomic mass is 10.1. The van der Waals surface area contributed by atoms with E-state index in [2.05, 4.69) is 64.6 Å². The topological polar surface area (TPSA) is 21.3 Å². The van der Waals surface area contributed by atoms with Gasteiger partial charge in [-0.3, -0.25) is 0 Å². The lowest BCUT2D eigenvalue weighted by Crippen LogP contribution is -2.17. The molecule has 4 heteroatoms. The summed E-state index contributed by atoms with van der Waals surface area (Å²) >= 11 is 3.51. The van der Waals surface area contributed by atoms with Crippen molar-refractivity contribution in [1.29, 1.82) is 0 Å². The van der Waals surface area contributed by atoms with Gasteiger partial charge in [0.15, 0.2) is 0 Å². The van der Waals surface area contributed by atoms with Crippen LogP contribution in [0.15, 0.2) is 53.0 Å². The van der Waals surface area contributed by atoms with E-state index < -0.39 is 0 Å². The zero-order valence-corrected chi connectivity index (χ0v) is 14.0. The molecule has 0 saturated carbocycles. The zero-order chi connectivity index (χ0) is 13.7. The van der Waals surface area contributed by atoms with Crippen molar-refractivity contribution in [3.05, 3.63) is 64.1 Å². The average molecular weight is 357 g/mol. The molecule has 0 aliphatic heterocycles.